The monoisotopic (exact) mass is 396 g/mol. The van der Waals surface area contributed by atoms with E-state index in [1.807, 2.05) is 45.0 Å². The first-order chi connectivity index (χ1) is 11.3. The molecule has 1 saturated heterocycles. The van der Waals surface area contributed by atoms with Gasteiger partial charge >= 0.3 is 6.09 Å². The lowest BCUT2D eigenvalue weighted by atomic mass is 9.96. The zero-order chi connectivity index (χ0) is 17.7. The van der Waals surface area contributed by atoms with E-state index in [0.717, 1.165) is 10.0 Å². The summed E-state index contributed by atoms with van der Waals surface area (Å²) >= 11 is 3.48. The molecule has 1 aromatic rings. The van der Waals surface area contributed by atoms with Gasteiger partial charge in [0, 0.05) is 30.0 Å². The zero-order valence-corrected chi connectivity index (χ0v) is 16.1. The Hall–Kier alpha value is -1.56. The molecule has 1 N–H and O–H groups in total. The van der Waals surface area contributed by atoms with Gasteiger partial charge in [-0.25, -0.2) is 4.79 Å². The maximum Gasteiger partial charge on any atom is 0.410 e. The zero-order valence-electron chi connectivity index (χ0n) is 14.5. The van der Waals surface area contributed by atoms with Crippen LogP contribution in [0, 0.1) is 5.92 Å². The molecule has 1 aliphatic heterocycles. The number of piperidine rings is 1. The van der Waals surface area contributed by atoms with E-state index < -0.39 is 5.60 Å². The van der Waals surface area contributed by atoms with E-state index in [9.17, 15) is 9.59 Å². The van der Waals surface area contributed by atoms with E-state index in [2.05, 4.69) is 21.2 Å². The minimum absolute atomic E-state index is 0.0498. The second-order valence-electron chi connectivity index (χ2n) is 7.05. The minimum Gasteiger partial charge on any atom is -0.444 e. The summed E-state index contributed by atoms with van der Waals surface area (Å²) in [6, 6.07) is 7.84. The molecule has 1 heterocycles. The van der Waals surface area contributed by atoms with Gasteiger partial charge in [-0.2, -0.15) is 0 Å². The highest BCUT2D eigenvalue weighted by molar-refractivity contribution is 9.10. The maximum absolute atomic E-state index is 12.3. The van der Waals surface area contributed by atoms with Crippen LogP contribution in [0.15, 0.2) is 28.7 Å². The van der Waals surface area contributed by atoms with Gasteiger partial charge in [-0.3, -0.25) is 4.79 Å². The standard InChI is InChI=1S/C18H25BrN2O3/c1-18(2,3)24-17(23)21-10-8-13(9-11-21)16(22)20-12-14-6-4-5-7-15(14)19/h4-7,13H,8-12H2,1-3H3,(H,20,22). The number of benzene rings is 1. The third-order valence-corrected chi connectivity index (χ3v) is 4.70. The molecule has 6 heteroatoms. The molecule has 0 saturated carbocycles. The summed E-state index contributed by atoms with van der Waals surface area (Å²) in [6.45, 7) is 7.18. The average Bonchev–Trinajstić information content (AvgIpc) is 2.52. The number of likely N-dealkylation sites (tertiary alicyclic amines) is 1. The first kappa shape index (κ1) is 18.8. The van der Waals surface area contributed by atoms with Crippen LogP contribution in [0.3, 0.4) is 0 Å². The van der Waals surface area contributed by atoms with Crippen molar-refractivity contribution in [3.05, 3.63) is 34.3 Å². The van der Waals surface area contributed by atoms with Crippen LogP contribution in [0.4, 0.5) is 4.79 Å². The Morgan fingerprint density at radius 3 is 2.46 bits per heavy atom. The molecule has 132 valence electrons. The van der Waals surface area contributed by atoms with Gasteiger partial charge in [0.1, 0.15) is 5.60 Å². The summed E-state index contributed by atoms with van der Waals surface area (Å²) in [5, 5.41) is 2.99. The Balaban J connectivity index is 1.78. The van der Waals surface area contributed by atoms with E-state index in [0.29, 0.717) is 32.5 Å². The van der Waals surface area contributed by atoms with Crippen molar-refractivity contribution in [3.8, 4) is 0 Å². The Labute approximate surface area is 151 Å². The first-order valence-corrected chi connectivity index (χ1v) is 9.04. The number of carbonyl (C=O) groups excluding carboxylic acids is 2. The Morgan fingerprint density at radius 1 is 1.25 bits per heavy atom. The molecule has 0 unspecified atom stereocenters. The molecule has 0 spiro atoms. The second-order valence-corrected chi connectivity index (χ2v) is 7.91. The third kappa shape index (κ3) is 5.51. The van der Waals surface area contributed by atoms with Crippen LogP contribution in [0.25, 0.3) is 0 Å². The van der Waals surface area contributed by atoms with Crippen LogP contribution in [0.1, 0.15) is 39.2 Å². The van der Waals surface area contributed by atoms with E-state index in [4.69, 9.17) is 4.74 Å². The van der Waals surface area contributed by atoms with E-state index in [-0.39, 0.29) is 17.9 Å². The van der Waals surface area contributed by atoms with Gasteiger partial charge in [0.05, 0.1) is 0 Å². The highest BCUT2D eigenvalue weighted by atomic mass is 79.9. The van der Waals surface area contributed by atoms with E-state index in [1.165, 1.54) is 0 Å². The third-order valence-electron chi connectivity index (χ3n) is 3.93. The van der Waals surface area contributed by atoms with Crippen molar-refractivity contribution < 1.29 is 14.3 Å². The van der Waals surface area contributed by atoms with Gasteiger partial charge in [0.2, 0.25) is 5.91 Å². The van der Waals surface area contributed by atoms with E-state index >= 15 is 0 Å². The van der Waals surface area contributed by atoms with Gasteiger partial charge in [-0.1, -0.05) is 34.1 Å². The molecule has 0 aliphatic carbocycles. The molecule has 1 aliphatic rings. The molecule has 2 rings (SSSR count). The molecule has 0 aromatic heterocycles. The van der Waals surface area contributed by atoms with Crippen LogP contribution in [0.5, 0.6) is 0 Å². The average molecular weight is 397 g/mol. The van der Waals surface area contributed by atoms with Gasteiger partial charge in [-0.15, -0.1) is 0 Å². The number of nitrogens with zero attached hydrogens (tertiary/aromatic N) is 1. The van der Waals surface area contributed by atoms with Crippen molar-refractivity contribution in [1.82, 2.24) is 10.2 Å². The normalized spacial score (nSPS) is 15.9. The fraction of sp³-hybridized carbons (Fsp3) is 0.556. The smallest absolute Gasteiger partial charge is 0.410 e. The number of rotatable bonds is 3. The fourth-order valence-corrected chi connectivity index (χ4v) is 3.04. The summed E-state index contributed by atoms with van der Waals surface area (Å²) in [4.78, 5) is 26.0. The topological polar surface area (TPSA) is 58.6 Å². The van der Waals surface area contributed by atoms with Crippen molar-refractivity contribution in [2.24, 2.45) is 5.92 Å². The molecule has 0 bridgehead atoms. The highest BCUT2D eigenvalue weighted by Gasteiger charge is 2.29. The number of carbonyl (C=O) groups is 2. The molecule has 1 fully saturated rings. The fourth-order valence-electron chi connectivity index (χ4n) is 2.62. The SMILES string of the molecule is CC(C)(C)OC(=O)N1CCC(C(=O)NCc2ccccc2Br)CC1. The summed E-state index contributed by atoms with van der Waals surface area (Å²) in [7, 11) is 0. The van der Waals surface area contributed by atoms with Crippen LogP contribution in [-0.4, -0.2) is 35.6 Å². The highest BCUT2D eigenvalue weighted by Crippen LogP contribution is 2.21. The lowest BCUT2D eigenvalue weighted by molar-refractivity contribution is -0.126. The Bertz CT molecular complexity index is 590. The van der Waals surface area contributed by atoms with Crippen LogP contribution < -0.4 is 5.32 Å². The van der Waals surface area contributed by atoms with E-state index in [1.54, 1.807) is 4.90 Å². The van der Waals surface area contributed by atoms with Crippen molar-refractivity contribution in [2.45, 2.75) is 45.8 Å². The van der Waals surface area contributed by atoms with Crippen LogP contribution in [-0.2, 0) is 16.1 Å². The van der Waals surface area contributed by atoms with Gasteiger partial charge in [0.25, 0.3) is 0 Å². The van der Waals surface area contributed by atoms with Gasteiger partial charge in [0.15, 0.2) is 0 Å². The largest absolute Gasteiger partial charge is 0.444 e. The molecular weight excluding hydrogens is 372 g/mol. The molecule has 1 aromatic carbocycles. The number of hydrogen-bond acceptors (Lipinski definition) is 3. The summed E-state index contributed by atoms with van der Waals surface area (Å²) < 4.78 is 6.36. The quantitative estimate of drug-likeness (QED) is 0.846. The van der Waals surface area contributed by atoms with Gasteiger partial charge in [-0.05, 0) is 45.2 Å². The first-order valence-electron chi connectivity index (χ1n) is 8.25. The molecule has 2 amide bonds. The molecule has 5 nitrogen and oxygen atoms in total. The lowest BCUT2D eigenvalue weighted by Gasteiger charge is -2.32. The number of halogens is 1. The number of ether oxygens (including phenoxy) is 1. The van der Waals surface area contributed by atoms with Crippen molar-refractivity contribution >= 4 is 27.9 Å². The summed E-state index contributed by atoms with van der Waals surface area (Å²) in [5.41, 5.74) is 0.561. The minimum atomic E-state index is -0.492. The Morgan fingerprint density at radius 2 is 1.88 bits per heavy atom. The Kier molecular flexibility index (Phi) is 6.27. The van der Waals surface area contributed by atoms with Crippen molar-refractivity contribution in [2.75, 3.05) is 13.1 Å². The predicted octanol–water partition coefficient (Wildman–Crippen LogP) is 3.71. The number of hydrogen-bond donors (Lipinski definition) is 1. The maximum atomic E-state index is 12.3. The summed E-state index contributed by atoms with van der Waals surface area (Å²) in [6.07, 6.45) is 1.04. The number of amides is 2. The van der Waals surface area contributed by atoms with Crippen molar-refractivity contribution in [1.29, 1.82) is 0 Å². The molecular formula is C18H25BrN2O3. The molecule has 0 radical (unpaired) electrons. The summed E-state index contributed by atoms with van der Waals surface area (Å²) in [5.74, 6) is 0.000710. The molecule has 0 atom stereocenters. The number of nitrogens with one attached hydrogen (secondary N) is 1. The van der Waals surface area contributed by atoms with Crippen LogP contribution >= 0.6 is 15.9 Å². The van der Waals surface area contributed by atoms with Crippen LogP contribution in [0.2, 0.25) is 0 Å². The van der Waals surface area contributed by atoms with Gasteiger partial charge < -0.3 is 15.0 Å². The van der Waals surface area contributed by atoms with Crippen molar-refractivity contribution in [3.63, 3.8) is 0 Å². The predicted molar refractivity (Wildman–Crippen MR) is 96.5 cm³/mol. The second kappa shape index (κ2) is 8.01. The lowest BCUT2D eigenvalue weighted by Crippen LogP contribution is -2.44. The molecule has 24 heavy (non-hydrogen) atoms.